The Hall–Kier alpha value is -1.67. The van der Waals surface area contributed by atoms with Gasteiger partial charge in [-0.15, -0.1) is 11.3 Å². The standard InChI is InChI=1S/C22H33N5OS/c1-19-18-29-22(23-19)27-9-5-8-24(12-15-27)16-21(28)17-25-10-13-26(14-11-25)20-6-3-2-4-7-20/h2-4,6-7,18,21,28H,5,8-17H2,1H3. The molecule has 2 aliphatic heterocycles. The zero-order valence-corrected chi connectivity index (χ0v) is 18.2. The highest BCUT2D eigenvalue weighted by molar-refractivity contribution is 7.13. The van der Waals surface area contributed by atoms with E-state index in [2.05, 4.69) is 67.2 Å². The van der Waals surface area contributed by atoms with Gasteiger partial charge in [0.1, 0.15) is 0 Å². The summed E-state index contributed by atoms with van der Waals surface area (Å²) in [5, 5.41) is 14.0. The molecule has 1 atom stereocenters. The number of aliphatic hydroxyl groups excluding tert-OH is 1. The summed E-state index contributed by atoms with van der Waals surface area (Å²) >= 11 is 1.74. The normalized spacial score (nSPS) is 20.6. The quantitative estimate of drug-likeness (QED) is 0.780. The van der Waals surface area contributed by atoms with Crippen molar-refractivity contribution in [3.05, 3.63) is 41.4 Å². The molecule has 0 saturated carbocycles. The molecule has 1 N–H and O–H groups in total. The molecule has 1 unspecified atom stereocenters. The van der Waals surface area contributed by atoms with Crippen LogP contribution in [0.2, 0.25) is 0 Å². The van der Waals surface area contributed by atoms with Gasteiger partial charge in [0, 0.05) is 70.0 Å². The Morgan fingerprint density at radius 2 is 1.55 bits per heavy atom. The van der Waals surface area contributed by atoms with Crippen LogP contribution in [-0.4, -0.2) is 91.4 Å². The molecule has 0 spiro atoms. The lowest BCUT2D eigenvalue weighted by Gasteiger charge is -2.37. The van der Waals surface area contributed by atoms with Gasteiger partial charge in [0.05, 0.1) is 11.8 Å². The fourth-order valence-electron chi connectivity index (χ4n) is 4.31. The predicted octanol–water partition coefficient (Wildman–Crippen LogP) is 2.15. The molecule has 7 heteroatoms. The van der Waals surface area contributed by atoms with Crippen LogP contribution in [0.25, 0.3) is 0 Å². The molecule has 1 aromatic heterocycles. The van der Waals surface area contributed by atoms with E-state index in [1.807, 2.05) is 0 Å². The fourth-order valence-corrected chi connectivity index (χ4v) is 5.17. The SMILES string of the molecule is Cc1csc(N2CCCN(CC(O)CN3CCN(c4ccccc4)CC3)CC2)n1. The molecule has 6 nitrogen and oxygen atoms in total. The number of thiazole rings is 1. The molecule has 2 aliphatic rings. The van der Waals surface area contributed by atoms with Crippen LogP contribution >= 0.6 is 11.3 Å². The van der Waals surface area contributed by atoms with Crippen LogP contribution < -0.4 is 9.80 Å². The van der Waals surface area contributed by atoms with E-state index in [0.29, 0.717) is 0 Å². The van der Waals surface area contributed by atoms with E-state index in [9.17, 15) is 5.11 Å². The average Bonchev–Trinajstić information content (AvgIpc) is 3.04. The van der Waals surface area contributed by atoms with Gasteiger partial charge < -0.3 is 14.9 Å². The number of aliphatic hydroxyl groups is 1. The summed E-state index contributed by atoms with van der Waals surface area (Å²) in [7, 11) is 0. The van der Waals surface area contributed by atoms with Crippen molar-refractivity contribution in [3.63, 3.8) is 0 Å². The number of β-amino-alcohol motifs (C(OH)–C–C–N with tert-alkyl or cyclic N) is 1. The summed E-state index contributed by atoms with van der Waals surface area (Å²) in [4.78, 5) is 14.3. The molecular weight excluding hydrogens is 382 g/mol. The molecule has 3 heterocycles. The molecule has 158 valence electrons. The lowest BCUT2D eigenvalue weighted by molar-refractivity contribution is 0.0738. The number of piperazine rings is 1. The number of nitrogens with zero attached hydrogens (tertiary/aromatic N) is 5. The summed E-state index contributed by atoms with van der Waals surface area (Å²) in [5.41, 5.74) is 2.41. The zero-order chi connectivity index (χ0) is 20.1. The van der Waals surface area contributed by atoms with E-state index >= 15 is 0 Å². The molecule has 2 fully saturated rings. The van der Waals surface area contributed by atoms with Gasteiger partial charge in [0.2, 0.25) is 0 Å². The third-order valence-electron chi connectivity index (χ3n) is 5.90. The maximum Gasteiger partial charge on any atom is 0.185 e. The Bertz CT molecular complexity index is 747. The van der Waals surface area contributed by atoms with E-state index in [0.717, 1.165) is 82.7 Å². The lowest BCUT2D eigenvalue weighted by Crippen LogP contribution is -2.50. The first-order valence-corrected chi connectivity index (χ1v) is 11.7. The summed E-state index contributed by atoms with van der Waals surface area (Å²) in [6, 6.07) is 10.6. The molecule has 0 amide bonds. The van der Waals surface area contributed by atoms with Crippen molar-refractivity contribution in [1.82, 2.24) is 14.8 Å². The second-order valence-electron chi connectivity index (χ2n) is 8.19. The smallest absolute Gasteiger partial charge is 0.185 e. The Morgan fingerprint density at radius 1 is 0.897 bits per heavy atom. The Kier molecular flexibility index (Phi) is 7.02. The van der Waals surface area contributed by atoms with E-state index < -0.39 is 0 Å². The minimum absolute atomic E-state index is 0.285. The van der Waals surface area contributed by atoms with Gasteiger partial charge in [-0.2, -0.15) is 0 Å². The maximum atomic E-state index is 10.7. The number of anilines is 2. The van der Waals surface area contributed by atoms with Gasteiger partial charge >= 0.3 is 0 Å². The van der Waals surface area contributed by atoms with Gasteiger partial charge in [0.15, 0.2) is 5.13 Å². The number of benzene rings is 1. The largest absolute Gasteiger partial charge is 0.390 e. The second-order valence-corrected chi connectivity index (χ2v) is 9.03. The first-order chi connectivity index (χ1) is 14.2. The van der Waals surface area contributed by atoms with Gasteiger partial charge in [0.25, 0.3) is 0 Å². The van der Waals surface area contributed by atoms with Crippen LogP contribution in [0, 0.1) is 6.92 Å². The van der Waals surface area contributed by atoms with Crippen LogP contribution in [0.5, 0.6) is 0 Å². The van der Waals surface area contributed by atoms with Crippen molar-refractivity contribution in [2.45, 2.75) is 19.4 Å². The molecule has 0 bridgehead atoms. The van der Waals surface area contributed by atoms with Gasteiger partial charge in [-0.3, -0.25) is 9.80 Å². The predicted molar refractivity (Wildman–Crippen MR) is 121 cm³/mol. The lowest BCUT2D eigenvalue weighted by atomic mass is 10.2. The average molecular weight is 416 g/mol. The van der Waals surface area contributed by atoms with E-state index in [-0.39, 0.29) is 6.10 Å². The fraction of sp³-hybridized carbons (Fsp3) is 0.591. The van der Waals surface area contributed by atoms with Crippen LogP contribution in [0.4, 0.5) is 10.8 Å². The molecule has 1 aromatic carbocycles. The van der Waals surface area contributed by atoms with Crippen molar-refractivity contribution in [2.75, 3.05) is 75.2 Å². The van der Waals surface area contributed by atoms with Crippen LogP contribution in [0.3, 0.4) is 0 Å². The number of hydrogen-bond acceptors (Lipinski definition) is 7. The molecule has 2 aromatic rings. The van der Waals surface area contributed by atoms with Crippen molar-refractivity contribution in [3.8, 4) is 0 Å². The van der Waals surface area contributed by atoms with Gasteiger partial charge in [-0.25, -0.2) is 4.98 Å². The molecule has 2 saturated heterocycles. The number of aromatic nitrogens is 1. The highest BCUT2D eigenvalue weighted by Gasteiger charge is 2.22. The number of rotatable bonds is 6. The molecule has 29 heavy (non-hydrogen) atoms. The Balaban J connectivity index is 1.19. The van der Waals surface area contributed by atoms with Crippen molar-refractivity contribution in [2.24, 2.45) is 0 Å². The summed E-state index contributed by atoms with van der Waals surface area (Å²) in [6.07, 6.45) is 0.841. The van der Waals surface area contributed by atoms with E-state index in [1.54, 1.807) is 11.3 Å². The molecule has 4 rings (SSSR count). The molecule has 0 radical (unpaired) electrons. The first-order valence-electron chi connectivity index (χ1n) is 10.8. The monoisotopic (exact) mass is 415 g/mol. The molecule has 0 aliphatic carbocycles. The Morgan fingerprint density at radius 3 is 2.21 bits per heavy atom. The first kappa shape index (κ1) is 20.6. The Labute approximate surface area is 178 Å². The van der Waals surface area contributed by atoms with Crippen LogP contribution in [-0.2, 0) is 0 Å². The minimum Gasteiger partial charge on any atom is -0.390 e. The van der Waals surface area contributed by atoms with E-state index in [1.165, 1.54) is 5.69 Å². The van der Waals surface area contributed by atoms with E-state index in [4.69, 9.17) is 0 Å². The summed E-state index contributed by atoms with van der Waals surface area (Å²) < 4.78 is 0. The number of hydrogen-bond donors (Lipinski definition) is 1. The third-order valence-corrected chi connectivity index (χ3v) is 6.92. The minimum atomic E-state index is -0.285. The second kappa shape index (κ2) is 9.89. The highest BCUT2D eigenvalue weighted by Crippen LogP contribution is 2.21. The summed E-state index contributed by atoms with van der Waals surface area (Å²) in [5.74, 6) is 0. The van der Waals surface area contributed by atoms with Crippen molar-refractivity contribution >= 4 is 22.2 Å². The zero-order valence-electron chi connectivity index (χ0n) is 17.4. The third kappa shape index (κ3) is 5.69. The molecular formula is C22H33N5OS. The maximum absolute atomic E-state index is 10.7. The van der Waals surface area contributed by atoms with Crippen LogP contribution in [0.1, 0.15) is 12.1 Å². The topological polar surface area (TPSA) is 46.1 Å². The number of aryl methyl sites for hydroxylation is 1. The van der Waals surface area contributed by atoms with Crippen LogP contribution in [0.15, 0.2) is 35.7 Å². The highest BCUT2D eigenvalue weighted by atomic mass is 32.1. The van der Waals surface area contributed by atoms with Crippen molar-refractivity contribution in [1.29, 1.82) is 0 Å². The number of para-hydroxylation sites is 1. The van der Waals surface area contributed by atoms with Gasteiger partial charge in [-0.05, 0) is 32.0 Å². The van der Waals surface area contributed by atoms with Crippen molar-refractivity contribution < 1.29 is 5.11 Å². The van der Waals surface area contributed by atoms with Gasteiger partial charge in [-0.1, -0.05) is 18.2 Å². The summed E-state index contributed by atoms with van der Waals surface area (Å²) in [6.45, 7) is 11.8.